The van der Waals surface area contributed by atoms with Gasteiger partial charge in [0, 0.05) is 22.7 Å². The molecule has 0 spiro atoms. The number of benzene rings is 4. The minimum Gasteiger partial charge on any atom is -0.456 e. The van der Waals surface area contributed by atoms with Crippen molar-refractivity contribution < 1.29 is 4.42 Å². The highest BCUT2D eigenvalue weighted by Gasteiger charge is 2.14. The highest BCUT2D eigenvalue weighted by Crippen LogP contribution is 2.39. The summed E-state index contributed by atoms with van der Waals surface area (Å²) in [7, 11) is 0. The Morgan fingerprint density at radius 1 is 0.559 bits per heavy atom. The second kappa shape index (κ2) is 8.49. The lowest BCUT2D eigenvalue weighted by molar-refractivity contribution is 0.629. The van der Waals surface area contributed by atoms with Gasteiger partial charge in [0.05, 0.1) is 5.69 Å². The molecule has 0 saturated carbocycles. The van der Waals surface area contributed by atoms with Crippen LogP contribution in [0.2, 0.25) is 0 Å². The Kier molecular flexibility index (Phi) is 5.04. The van der Waals surface area contributed by atoms with E-state index in [0.29, 0.717) is 0 Å². The van der Waals surface area contributed by atoms with Crippen LogP contribution < -0.4 is 0 Å². The van der Waals surface area contributed by atoms with E-state index in [-0.39, 0.29) is 0 Å². The van der Waals surface area contributed by atoms with Crippen LogP contribution in [0.3, 0.4) is 0 Å². The Morgan fingerprint density at radius 3 is 2.03 bits per heavy atom. The zero-order valence-corrected chi connectivity index (χ0v) is 18.9. The molecule has 2 heteroatoms. The fourth-order valence-electron chi connectivity index (χ4n) is 4.57. The third-order valence-electron chi connectivity index (χ3n) is 6.24. The monoisotopic (exact) mass is 437 g/mol. The lowest BCUT2D eigenvalue weighted by Gasteiger charge is -2.14. The van der Waals surface area contributed by atoms with Crippen molar-refractivity contribution in [3.05, 3.63) is 127 Å². The molecular formula is C32H23NO. The maximum Gasteiger partial charge on any atom is 0.137 e. The number of hydrogen-bond donors (Lipinski definition) is 0. The highest BCUT2D eigenvalue weighted by molar-refractivity contribution is 5.94. The molecule has 0 atom stereocenters. The highest BCUT2D eigenvalue weighted by atomic mass is 16.3. The molecule has 2 nitrogen and oxygen atoms in total. The third kappa shape index (κ3) is 3.70. The normalized spacial score (nSPS) is 11.1. The molecule has 34 heavy (non-hydrogen) atoms. The summed E-state index contributed by atoms with van der Waals surface area (Å²) in [5.74, 6) is 0.890. The zero-order valence-electron chi connectivity index (χ0n) is 18.9. The van der Waals surface area contributed by atoms with E-state index >= 15 is 0 Å². The minimum atomic E-state index is 0.890. The molecular weight excluding hydrogens is 414 g/mol. The second-order valence-electron chi connectivity index (χ2n) is 8.53. The van der Waals surface area contributed by atoms with E-state index in [2.05, 4.69) is 96.8 Å². The van der Waals surface area contributed by atoms with Crippen molar-refractivity contribution in [1.29, 1.82) is 0 Å². The molecule has 162 valence electrons. The van der Waals surface area contributed by atoms with E-state index in [1.165, 1.54) is 22.3 Å². The number of fused-ring (bicyclic) bond motifs is 1. The molecule has 0 aliphatic rings. The number of aromatic nitrogens is 1. The van der Waals surface area contributed by atoms with Crippen LogP contribution in [0.5, 0.6) is 0 Å². The first-order chi connectivity index (χ1) is 16.8. The Morgan fingerprint density at radius 2 is 1.29 bits per heavy atom. The molecule has 0 saturated heterocycles. The van der Waals surface area contributed by atoms with Crippen LogP contribution in [0.1, 0.15) is 5.56 Å². The topological polar surface area (TPSA) is 26.0 Å². The number of pyridine rings is 1. The Hall–Kier alpha value is -4.43. The van der Waals surface area contributed by atoms with Crippen LogP contribution in [0.25, 0.3) is 55.8 Å². The van der Waals surface area contributed by atoms with E-state index < -0.39 is 0 Å². The van der Waals surface area contributed by atoms with Crippen molar-refractivity contribution in [2.45, 2.75) is 6.92 Å². The summed E-state index contributed by atoms with van der Waals surface area (Å²) in [6.07, 6.45) is 1.84. The minimum absolute atomic E-state index is 0.890. The zero-order chi connectivity index (χ0) is 22.9. The van der Waals surface area contributed by atoms with Gasteiger partial charge in [-0.25, -0.2) is 0 Å². The fraction of sp³-hybridized carbons (Fsp3) is 0.0312. The molecule has 6 rings (SSSR count). The summed E-state index contributed by atoms with van der Waals surface area (Å²) in [5, 5.41) is 1.11. The number of nitrogens with zero attached hydrogens (tertiary/aromatic N) is 1. The Balaban J connectivity index is 1.55. The van der Waals surface area contributed by atoms with Crippen LogP contribution in [0.15, 0.2) is 126 Å². The van der Waals surface area contributed by atoms with Gasteiger partial charge in [0.25, 0.3) is 0 Å². The molecule has 0 fully saturated rings. The summed E-state index contributed by atoms with van der Waals surface area (Å²) >= 11 is 0. The van der Waals surface area contributed by atoms with Crippen LogP contribution in [0, 0.1) is 6.92 Å². The predicted molar refractivity (Wildman–Crippen MR) is 140 cm³/mol. The van der Waals surface area contributed by atoms with Gasteiger partial charge in [-0.1, -0.05) is 78.9 Å². The molecule has 0 bridgehead atoms. The second-order valence-corrected chi connectivity index (χ2v) is 8.53. The average Bonchev–Trinajstić information content (AvgIpc) is 3.35. The SMILES string of the molecule is Cc1cc(-c2cc(-c3ccccn3)ccc2-c2ccccc2)cc2cc(-c3ccccc3)oc12. The van der Waals surface area contributed by atoms with Crippen molar-refractivity contribution >= 4 is 11.0 Å². The number of aryl methyl sites for hydroxylation is 1. The smallest absolute Gasteiger partial charge is 0.137 e. The predicted octanol–water partition coefficient (Wildman–Crippen LogP) is 8.80. The van der Waals surface area contributed by atoms with Crippen LogP contribution in [-0.2, 0) is 0 Å². The first-order valence-electron chi connectivity index (χ1n) is 11.5. The largest absolute Gasteiger partial charge is 0.456 e. The lowest BCUT2D eigenvalue weighted by Crippen LogP contribution is -1.90. The van der Waals surface area contributed by atoms with Crippen molar-refractivity contribution in [3.63, 3.8) is 0 Å². The summed E-state index contributed by atoms with van der Waals surface area (Å²) in [6, 6.07) is 40.1. The average molecular weight is 438 g/mol. The van der Waals surface area contributed by atoms with E-state index in [0.717, 1.165) is 39.1 Å². The molecule has 2 heterocycles. The molecule has 0 aliphatic heterocycles. The van der Waals surface area contributed by atoms with E-state index in [4.69, 9.17) is 4.42 Å². The standard InChI is InChI=1S/C32H23NO/c1-22-18-26(19-27-21-31(34-32(22)27)24-12-6-3-7-13-24)29-20-25(30-14-8-9-17-33-30)15-16-28(29)23-10-4-2-5-11-23/h2-21H,1H3. The maximum atomic E-state index is 6.27. The van der Waals surface area contributed by atoms with Crippen LogP contribution >= 0.6 is 0 Å². The number of furan rings is 1. The van der Waals surface area contributed by atoms with Gasteiger partial charge in [-0.3, -0.25) is 4.98 Å². The third-order valence-corrected chi connectivity index (χ3v) is 6.24. The summed E-state index contributed by atoms with van der Waals surface area (Å²) in [5.41, 5.74) is 9.96. The van der Waals surface area contributed by atoms with E-state index in [9.17, 15) is 0 Å². The molecule has 0 N–H and O–H groups in total. The Bertz CT molecular complexity index is 1580. The summed E-state index contributed by atoms with van der Waals surface area (Å²) in [4.78, 5) is 4.58. The number of hydrogen-bond acceptors (Lipinski definition) is 2. The molecule has 0 radical (unpaired) electrons. The molecule has 4 aromatic carbocycles. The van der Waals surface area contributed by atoms with Crippen molar-refractivity contribution in [3.8, 4) is 44.8 Å². The van der Waals surface area contributed by atoms with E-state index in [1.807, 2.05) is 36.5 Å². The van der Waals surface area contributed by atoms with Gasteiger partial charge in [0.2, 0.25) is 0 Å². The molecule has 6 aromatic rings. The van der Waals surface area contributed by atoms with Crippen molar-refractivity contribution in [2.24, 2.45) is 0 Å². The first kappa shape index (κ1) is 20.2. The van der Waals surface area contributed by atoms with Crippen molar-refractivity contribution in [2.75, 3.05) is 0 Å². The Labute approximate surface area is 199 Å². The molecule has 0 aliphatic carbocycles. The molecule has 2 aromatic heterocycles. The summed E-state index contributed by atoms with van der Waals surface area (Å²) < 4.78 is 6.27. The van der Waals surface area contributed by atoms with Gasteiger partial charge in [0.15, 0.2) is 0 Å². The van der Waals surface area contributed by atoms with Gasteiger partial charge in [-0.05, 0) is 71.1 Å². The van der Waals surface area contributed by atoms with Gasteiger partial charge >= 0.3 is 0 Å². The van der Waals surface area contributed by atoms with Gasteiger partial charge in [-0.2, -0.15) is 0 Å². The van der Waals surface area contributed by atoms with Gasteiger partial charge < -0.3 is 4.42 Å². The van der Waals surface area contributed by atoms with Crippen molar-refractivity contribution in [1.82, 2.24) is 4.98 Å². The lowest BCUT2D eigenvalue weighted by atomic mass is 9.91. The van der Waals surface area contributed by atoms with Crippen LogP contribution in [0.4, 0.5) is 0 Å². The molecule has 0 amide bonds. The van der Waals surface area contributed by atoms with E-state index in [1.54, 1.807) is 0 Å². The number of rotatable bonds is 4. The first-order valence-corrected chi connectivity index (χ1v) is 11.5. The fourth-order valence-corrected chi connectivity index (χ4v) is 4.57. The quantitative estimate of drug-likeness (QED) is 0.275. The van der Waals surface area contributed by atoms with Gasteiger partial charge in [-0.15, -0.1) is 0 Å². The summed E-state index contributed by atoms with van der Waals surface area (Å²) in [6.45, 7) is 2.12. The van der Waals surface area contributed by atoms with Gasteiger partial charge in [0.1, 0.15) is 11.3 Å². The molecule has 0 unspecified atom stereocenters. The maximum absolute atomic E-state index is 6.27. The van der Waals surface area contributed by atoms with Crippen LogP contribution in [-0.4, -0.2) is 4.98 Å².